The quantitative estimate of drug-likeness (QED) is 0.612. The fourth-order valence-electron chi connectivity index (χ4n) is 1.87. The Morgan fingerprint density at radius 1 is 1.27 bits per heavy atom. The molecule has 1 N–H and O–H groups in total. The summed E-state index contributed by atoms with van der Waals surface area (Å²) in [5.74, 6) is -0.349. The van der Waals surface area contributed by atoms with E-state index in [-0.39, 0.29) is 11.5 Å². The molecule has 7 heteroatoms. The van der Waals surface area contributed by atoms with Crippen LogP contribution in [0.4, 0.5) is 5.69 Å². The monoisotopic (exact) mass is 411 g/mol. The van der Waals surface area contributed by atoms with Gasteiger partial charge in [-0.3, -0.25) is 14.2 Å². The van der Waals surface area contributed by atoms with Gasteiger partial charge in [0.25, 0.3) is 5.56 Å². The largest absolute Gasteiger partial charge is 0.330 e. The molecular weight excluding hydrogens is 397 g/mol. The first-order valence-corrected chi connectivity index (χ1v) is 7.47. The number of carbonyl (C=O) groups is 1. The molecule has 0 fully saturated rings. The molecule has 0 atom stereocenters. The lowest BCUT2D eigenvalue weighted by atomic mass is 10.3. The van der Waals surface area contributed by atoms with Gasteiger partial charge in [-0.15, -0.1) is 0 Å². The first kappa shape index (κ1) is 16.2. The van der Waals surface area contributed by atoms with Gasteiger partial charge in [0.2, 0.25) is 5.91 Å². The summed E-state index contributed by atoms with van der Waals surface area (Å²) >= 11 is 2.15. The van der Waals surface area contributed by atoms with Gasteiger partial charge in [-0.05, 0) is 46.9 Å². The summed E-state index contributed by atoms with van der Waals surface area (Å²) in [6, 6.07) is 7.36. The third-order valence-electron chi connectivity index (χ3n) is 2.98. The molecule has 1 amide bonds. The highest BCUT2D eigenvalue weighted by molar-refractivity contribution is 14.1. The Hall–Kier alpha value is -2.16. The van der Waals surface area contributed by atoms with E-state index in [9.17, 15) is 14.4 Å². The van der Waals surface area contributed by atoms with Gasteiger partial charge in [0.15, 0.2) is 0 Å². The molecule has 22 heavy (non-hydrogen) atoms. The van der Waals surface area contributed by atoms with E-state index in [1.165, 1.54) is 30.0 Å². The predicted octanol–water partition coefficient (Wildman–Crippen LogP) is 1.34. The molecule has 0 aliphatic carbocycles. The molecule has 0 aliphatic heterocycles. The molecule has 2 aromatic rings. The molecule has 114 valence electrons. The number of nitrogens with zero attached hydrogens (tertiary/aromatic N) is 2. The van der Waals surface area contributed by atoms with Crippen molar-refractivity contribution < 1.29 is 4.79 Å². The Labute approximate surface area is 140 Å². The number of amides is 1. The van der Waals surface area contributed by atoms with Crippen molar-refractivity contribution in [2.75, 3.05) is 5.32 Å². The van der Waals surface area contributed by atoms with E-state index in [0.29, 0.717) is 5.69 Å². The lowest BCUT2D eigenvalue weighted by Gasteiger charge is -2.04. The Bertz CT molecular complexity index is 865. The van der Waals surface area contributed by atoms with Crippen LogP contribution in [0, 0.1) is 3.57 Å². The lowest BCUT2D eigenvalue weighted by Crippen LogP contribution is -2.37. The molecule has 0 unspecified atom stereocenters. The Morgan fingerprint density at radius 3 is 2.68 bits per heavy atom. The molecule has 0 saturated heterocycles. The summed E-state index contributed by atoms with van der Waals surface area (Å²) in [4.78, 5) is 35.4. The third-order valence-corrected chi connectivity index (χ3v) is 3.65. The molecule has 1 aromatic carbocycles. The summed E-state index contributed by atoms with van der Waals surface area (Å²) < 4.78 is 3.29. The first-order valence-electron chi connectivity index (χ1n) is 6.40. The predicted molar refractivity (Wildman–Crippen MR) is 93.7 cm³/mol. The van der Waals surface area contributed by atoms with Crippen LogP contribution in [0.2, 0.25) is 0 Å². The number of hydrogen-bond acceptors (Lipinski definition) is 3. The van der Waals surface area contributed by atoms with Crippen LogP contribution in [0.25, 0.3) is 6.08 Å². The van der Waals surface area contributed by atoms with Crippen LogP contribution in [0.5, 0.6) is 0 Å². The highest BCUT2D eigenvalue weighted by Crippen LogP contribution is 2.12. The highest BCUT2D eigenvalue weighted by atomic mass is 127. The van der Waals surface area contributed by atoms with Crippen molar-refractivity contribution >= 4 is 40.3 Å². The smallest absolute Gasteiger partial charge is 0.322 e. The minimum absolute atomic E-state index is 0.266. The second-order valence-electron chi connectivity index (χ2n) is 4.68. The Morgan fingerprint density at radius 2 is 2.00 bits per heavy atom. The molecule has 1 heterocycles. The maximum atomic E-state index is 11.9. The summed E-state index contributed by atoms with van der Waals surface area (Å²) in [5, 5.41) is 2.71. The first-order chi connectivity index (χ1) is 10.4. The number of nitrogens with one attached hydrogen (secondary N) is 1. The normalized spacial score (nSPS) is 10.9. The van der Waals surface area contributed by atoms with Crippen LogP contribution in [-0.4, -0.2) is 15.0 Å². The van der Waals surface area contributed by atoms with E-state index in [1.54, 1.807) is 13.1 Å². The summed E-state index contributed by atoms with van der Waals surface area (Å²) in [6.45, 7) is 0. The number of aryl methyl sites for hydroxylation is 1. The fraction of sp³-hybridized carbons (Fsp3) is 0.133. The van der Waals surface area contributed by atoms with Gasteiger partial charge in [0.05, 0.1) is 5.56 Å². The zero-order valence-electron chi connectivity index (χ0n) is 12.0. The van der Waals surface area contributed by atoms with Crippen molar-refractivity contribution in [1.29, 1.82) is 0 Å². The van der Waals surface area contributed by atoms with Gasteiger partial charge < -0.3 is 9.88 Å². The summed E-state index contributed by atoms with van der Waals surface area (Å²) in [7, 11) is 2.94. The van der Waals surface area contributed by atoms with Gasteiger partial charge >= 0.3 is 5.69 Å². The van der Waals surface area contributed by atoms with Crippen molar-refractivity contribution in [3.05, 3.63) is 66.5 Å². The Balaban J connectivity index is 2.20. The minimum atomic E-state index is -0.443. The summed E-state index contributed by atoms with van der Waals surface area (Å²) in [5.41, 5.74) is 0.0872. The maximum absolute atomic E-state index is 11.9. The van der Waals surface area contributed by atoms with Crippen molar-refractivity contribution in [2.45, 2.75) is 0 Å². The van der Waals surface area contributed by atoms with Crippen LogP contribution in [0.3, 0.4) is 0 Å². The standard InChI is InChI=1S/C15H14IN3O3/c1-18-9-10(14(21)19(2)15(18)22)6-7-13(20)17-12-5-3-4-11(16)8-12/h3-9H,1-2H3,(H,17,20)/b7-6+. The van der Waals surface area contributed by atoms with Crippen LogP contribution in [0.1, 0.15) is 5.56 Å². The van der Waals surface area contributed by atoms with Gasteiger partial charge in [-0.1, -0.05) is 6.07 Å². The Kier molecular flexibility index (Phi) is 4.96. The summed E-state index contributed by atoms with van der Waals surface area (Å²) in [6.07, 6.45) is 4.06. The highest BCUT2D eigenvalue weighted by Gasteiger charge is 2.05. The fourth-order valence-corrected chi connectivity index (χ4v) is 2.41. The van der Waals surface area contributed by atoms with Crippen molar-refractivity contribution in [1.82, 2.24) is 9.13 Å². The number of benzene rings is 1. The molecule has 6 nitrogen and oxygen atoms in total. The molecule has 0 aliphatic rings. The van der Waals surface area contributed by atoms with Crippen LogP contribution in [-0.2, 0) is 18.9 Å². The SMILES string of the molecule is Cn1cc(/C=C/C(=O)Nc2cccc(I)c2)c(=O)n(C)c1=O. The molecule has 1 aromatic heterocycles. The molecule has 0 saturated carbocycles. The second kappa shape index (κ2) is 6.73. The number of anilines is 1. The topological polar surface area (TPSA) is 73.1 Å². The van der Waals surface area contributed by atoms with E-state index >= 15 is 0 Å². The number of carbonyl (C=O) groups excluding carboxylic acids is 1. The van der Waals surface area contributed by atoms with Crippen LogP contribution < -0.4 is 16.6 Å². The number of aromatic nitrogens is 2. The molecule has 2 rings (SSSR count). The number of rotatable bonds is 3. The van der Waals surface area contributed by atoms with E-state index < -0.39 is 11.2 Å². The lowest BCUT2D eigenvalue weighted by molar-refractivity contribution is -0.111. The van der Waals surface area contributed by atoms with Crippen molar-refractivity contribution in [3.63, 3.8) is 0 Å². The average Bonchev–Trinajstić information content (AvgIpc) is 2.47. The second-order valence-corrected chi connectivity index (χ2v) is 5.92. The van der Waals surface area contributed by atoms with Gasteiger partial charge in [-0.2, -0.15) is 0 Å². The number of hydrogen-bond donors (Lipinski definition) is 1. The average molecular weight is 411 g/mol. The van der Waals surface area contributed by atoms with Gasteiger partial charge in [0.1, 0.15) is 0 Å². The maximum Gasteiger partial charge on any atom is 0.330 e. The van der Waals surface area contributed by atoms with Gasteiger partial charge in [-0.25, -0.2) is 4.79 Å². The van der Waals surface area contributed by atoms with Crippen LogP contribution >= 0.6 is 22.6 Å². The molecule has 0 radical (unpaired) electrons. The third kappa shape index (κ3) is 3.73. The van der Waals surface area contributed by atoms with E-state index in [4.69, 9.17) is 0 Å². The zero-order chi connectivity index (χ0) is 16.3. The van der Waals surface area contributed by atoms with E-state index in [1.807, 2.05) is 18.2 Å². The van der Waals surface area contributed by atoms with Crippen molar-refractivity contribution in [3.8, 4) is 0 Å². The van der Waals surface area contributed by atoms with E-state index in [0.717, 1.165) is 8.14 Å². The van der Waals surface area contributed by atoms with E-state index in [2.05, 4.69) is 27.9 Å². The molecule has 0 spiro atoms. The number of halogens is 1. The minimum Gasteiger partial charge on any atom is -0.322 e. The zero-order valence-corrected chi connectivity index (χ0v) is 14.2. The van der Waals surface area contributed by atoms with Gasteiger partial charge in [0, 0.05) is 35.6 Å². The molecular formula is C15H14IN3O3. The van der Waals surface area contributed by atoms with Crippen molar-refractivity contribution in [2.24, 2.45) is 14.1 Å². The van der Waals surface area contributed by atoms with Crippen LogP contribution in [0.15, 0.2) is 46.1 Å². The molecule has 0 bridgehead atoms.